The monoisotopic (exact) mass is 346 g/mol. The van der Waals surface area contributed by atoms with Crippen LogP contribution in [0.25, 0.3) is 10.2 Å². The Labute approximate surface area is 131 Å². The molecule has 3 rings (SSSR count). The molecule has 3 aromatic rings. The van der Waals surface area contributed by atoms with Gasteiger partial charge in [0.1, 0.15) is 0 Å². The lowest BCUT2D eigenvalue weighted by Crippen LogP contribution is -2.09. The van der Waals surface area contributed by atoms with E-state index < -0.39 is 0 Å². The van der Waals surface area contributed by atoms with Gasteiger partial charge >= 0.3 is 0 Å². The molecule has 2 aromatic carbocycles. The lowest BCUT2D eigenvalue weighted by atomic mass is 10.0. The average molecular weight is 347 g/mol. The van der Waals surface area contributed by atoms with E-state index in [2.05, 4.69) is 75.6 Å². The standard InChI is InChI=1S/C16H15BrN2S/c1-2-14(11-4-3-5-12(17)8-11)19-13-6-7-15-16(9-13)20-10-18-15/h3-10,14,19H,2H2,1H3. The molecule has 1 atom stereocenters. The number of aromatic nitrogens is 1. The number of nitrogens with one attached hydrogen (secondary N) is 1. The number of benzene rings is 2. The van der Waals surface area contributed by atoms with Crippen molar-refractivity contribution in [1.82, 2.24) is 4.98 Å². The van der Waals surface area contributed by atoms with E-state index in [-0.39, 0.29) is 0 Å². The van der Waals surface area contributed by atoms with Gasteiger partial charge in [-0.05, 0) is 42.3 Å². The highest BCUT2D eigenvalue weighted by molar-refractivity contribution is 9.10. The van der Waals surface area contributed by atoms with Crippen LogP contribution in [0.15, 0.2) is 52.4 Å². The van der Waals surface area contributed by atoms with Gasteiger partial charge in [0.05, 0.1) is 21.8 Å². The van der Waals surface area contributed by atoms with Gasteiger partial charge in [-0.2, -0.15) is 0 Å². The molecule has 0 aliphatic rings. The van der Waals surface area contributed by atoms with Crippen LogP contribution in [-0.2, 0) is 0 Å². The van der Waals surface area contributed by atoms with Crippen molar-refractivity contribution >= 4 is 43.2 Å². The zero-order chi connectivity index (χ0) is 13.9. The van der Waals surface area contributed by atoms with E-state index >= 15 is 0 Å². The summed E-state index contributed by atoms with van der Waals surface area (Å²) < 4.78 is 2.34. The van der Waals surface area contributed by atoms with Gasteiger partial charge < -0.3 is 5.32 Å². The Morgan fingerprint density at radius 1 is 1.25 bits per heavy atom. The maximum atomic E-state index is 4.31. The number of halogens is 1. The summed E-state index contributed by atoms with van der Waals surface area (Å²) in [6.07, 6.45) is 1.04. The molecular weight excluding hydrogens is 332 g/mol. The highest BCUT2D eigenvalue weighted by Gasteiger charge is 2.10. The molecule has 102 valence electrons. The Hall–Kier alpha value is -1.39. The van der Waals surface area contributed by atoms with Gasteiger partial charge in [-0.15, -0.1) is 11.3 Å². The molecule has 0 aliphatic heterocycles. The summed E-state index contributed by atoms with van der Waals surface area (Å²) >= 11 is 5.21. The van der Waals surface area contributed by atoms with E-state index in [0.29, 0.717) is 6.04 Å². The number of anilines is 1. The van der Waals surface area contributed by atoms with Gasteiger partial charge in [-0.1, -0.05) is 35.0 Å². The molecule has 20 heavy (non-hydrogen) atoms. The first-order valence-corrected chi connectivity index (χ1v) is 8.29. The second-order valence-electron chi connectivity index (χ2n) is 4.70. The van der Waals surface area contributed by atoms with E-state index in [9.17, 15) is 0 Å². The molecule has 0 spiro atoms. The molecule has 0 saturated heterocycles. The van der Waals surface area contributed by atoms with Crippen molar-refractivity contribution in [1.29, 1.82) is 0 Å². The van der Waals surface area contributed by atoms with Crippen LogP contribution in [0.3, 0.4) is 0 Å². The Bertz CT molecular complexity index is 723. The first-order chi connectivity index (χ1) is 9.76. The van der Waals surface area contributed by atoms with Gasteiger partial charge in [0.15, 0.2) is 0 Å². The number of nitrogens with zero attached hydrogens (tertiary/aromatic N) is 1. The Morgan fingerprint density at radius 2 is 2.15 bits per heavy atom. The predicted octanol–water partition coefficient (Wildman–Crippen LogP) is 5.62. The second kappa shape index (κ2) is 5.94. The minimum absolute atomic E-state index is 0.317. The van der Waals surface area contributed by atoms with Crippen LogP contribution in [0, 0.1) is 0 Å². The van der Waals surface area contributed by atoms with E-state index in [0.717, 1.165) is 22.1 Å². The molecule has 0 amide bonds. The fourth-order valence-electron chi connectivity index (χ4n) is 2.29. The summed E-state index contributed by atoms with van der Waals surface area (Å²) in [6, 6.07) is 15.1. The number of fused-ring (bicyclic) bond motifs is 1. The molecule has 1 heterocycles. The van der Waals surface area contributed by atoms with Crippen molar-refractivity contribution in [3.8, 4) is 0 Å². The zero-order valence-corrected chi connectivity index (χ0v) is 13.5. The Morgan fingerprint density at radius 3 is 2.95 bits per heavy atom. The number of rotatable bonds is 4. The fraction of sp³-hybridized carbons (Fsp3) is 0.188. The quantitative estimate of drug-likeness (QED) is 0.662. The number of thiazole rings is 1. The summed E-state index contributed by atoms with van der Waals surface area (Å²) in [7, 11) is 0. The van der Waals surface area contributed by atoms with Gasteiger partial charge in [-0.3, -0.25) is 0 Å². The van der Waals surface area contributed by atoms with Gasteiger partial charge in [0, 0.05) is 10.2 Å². The normalized spacial score (nSPS) is 12.5. The summed E-state index contributed by atoms with van der Waals surface area (Å²) in [6.45, 7) is 2.20. The van der Waals surface area contributed by atoms with Crippen LogP contribution in [0.2, 0.25) is 0 Å². The summed E-state index contributed by atoms with van der Waals surface area (Å²) in [5.74, 6) is 0. The third-order valence-electron chi connectivity index (χ3n) is 3.33. The molecule has 1 unspecified atom stereocenters. The minimum atomic E-state index is 0.317. The Balaban J connectivity index is 1.87. The molecule has 0 radical (unpaired) electrons. The third kappa shape index (κ3) is 2.86. The maximum absolute atomic E-state index is 4.31. The second-order valence-corrected chi connectivity index (χ2v) is 6.50. The molecule has 1 aromatic heterocycles. The lowest BCUT2D eigenvalue weighted by Gasteiger charge is -2.19. The van der Waals surface area contributed by atoms with Gasteiger partial charge in [0.25, 0.3) is 0 Å². The number of hydrogen-bond acceptors (Lipinski definition) is 3. The lowest BCUT2D eigenvalue weighted by molar-refractivity contribution is 0.749. The van der Waals surface area contributed by atoms with Crippen LogP contribution in [0.5, 0.6) is 0 Å². The summed E-state index contributed by atoms with van der Waals surface area (Å²) in [5.41, 5.74) is 5.40. The van der Waals surface area contributed by atoms with Gasteiger partial charge in [-0.25, -0.2) is 4.98 Å². The molecule has 4 heteroatoms. The first kappa shape index (κ1) is 13.6. The molecule has 0 saturated carbocycles. The molecule has 0 fully saturated rings. The predicted molar refractivity (Wildman–Crippen MR) is 90.4 cm³/mol. The largest absolute Gasteiger partial charge is 0.378 e. The van der Waals surface area contributed by atoms with E-state index in [1.165, 1.54) is 10.3 Å². The average Bonchev–Trinajstić information content (AvgIpc) is 2.92. The summed E-state index contributed by atoms with van der Waals surface area (Å²) in [4.78, 5) is 4.31. The molecule has 0 bridgehead atoms. The van der Waals surface area contributed by atoms with Crippen LogP contribution >= 0.6 is 27.3 Å². The van der Waals surface area contributed by atoms with Crippen molar-refractivity contribution in [2.45, 2.75) is 19.4 Å². The highest BCUT2D eigenvalue weighted by Crippen LogP contribution is 2.27. The SMILES string of the molecule is CCC(Nc1ccc2ncsc2c1)c1cccc(Br)c1. The van der Waals surface area contributed by atoms with Crippen molar-refractivity contribution in [2.75, 3.05) is 5.32 Å². The van der Waals surface area contributed by atoms with E-state index in [4.69, 9.17) is 0 Å². The molecule has 0 aliphatic carbocycles. The molecular formula is C16H15BrN2S. The first-order valence-electron chi connectivity index (χ1n) is 6.61. The topological polar surface area (TPSA) is 24.9 Å². The van der Waals surface area contributed by atoms with Crippen LogP contribution < -0.4 is 5.32 Å². The van der Waals surface area contributed by atoms with Crippen molar-refractivity contribution in [2.24, 2.45) is 0 Å². The van der Waals surface area contributed by atoms with Crippen molar-refractivity contribution < 1.29 is 0 Å². The smallest absolute Gasteiger partial charge is 0.0813 e. The fourth-order valence-corrected chi connectivity index (χ4v) is 3.42. The highest BCUT2D eigenvalue weighted by atomic mass is 79.9. The maximum Gasteiger partial charge on any atom is 0.0813 e. The van der Waals surface area contributed by atoms with E-state index in [1.54, 1.807) is 11.3 Å². The van der Waals surface area contributed by atoms with Crippen molar-refractivity contribution in [3.05, 3.63) is 58.0 Å². The third-order valence-corrected chi connectivity index (χ3v) is 4.62. The molecule has 1 N–H and O–H groups in total. The van der Waals surface area contributed by atoms with E-state index in [1.807, 2.05) is 5.51 Å². The van der Waals surface area contributed by atoms with Crippen LogP contribution in [0.4, 0.5) is 5.69 Å². The van der Waals surface area contributed by atoms with Crippen LogP contribution in [-0.4, -0.2) is 4.98 Å². The zero-order valence-electron chi connectivity index (χ0n) is 11.1. The summed E-state index contributed by atoms with van der Waals surface area (Å²) in [5, 5.41) is 3.61. The van der Waals surface area contributed by atoms with Crippen LogP contribution in [0.1, 0.15) is 24.9 Å². The number of hydrogen-bond donors (Lipinski definition) is 1. The minimum Gasteiger partial charge on any atom is -0.378 e. The molecule has 2 nitrogen and oxygen atoms in total. The Kier molecular flexibility index (Phi) is 4.03. The van der Waals surface area contributed by atoms with Crippen molar-refractivity contribution in [3.63, 3.8) is 0 Å². The van der Waals surface area contributed by atoms with Gasteiger partial charge in [0.2, 0.25) is 0 Å².